The summed E-state index contributed by atoms with van der Waals surface area (Å²) in [5.41, 5.74) is -0.299. The van der Waals surface area contributed by atoms with E-state index in [0.717, 1.165) is 9.86 Å². The van der Waals surface area contributed by atoms with Crippen molar-refractivity contribution in [2.24, 2.45) is 0 Å². The summed E-state index contributed by atoms with van der Waals surface area (Å²) in [6, 6.07) is 6.79. The number of nitrogens with one attached hydrogen (secondary N) is 1. The summed E-state index contributed by atoms with van der Waals surface area (Å²) in [7, 11) is 0. The summed E-state index contributed by atoms with van der Waals surface area (Å²) in [6.45, 7) is 0. The fourth-order valence-electron chi connectivity index (χ4n) is 1.22. The topological polar surface area (TPSA) is 53.1 Å². The molecule has 4 heteroatoms. The quantitative estimate of drug-likeness (QED) is 0.739. The standard InChI is InChI=1S/C9H6BrNO2/c10-6-2-1-5-3-8(12)11-9(13)7(5)4-6/h1-4H,(H2,11,12,13). The summed E-state index contributed by atoms with van der Waals surface area (Å²) < 4.78 is 0.863. The molecule has 0 fully saturated rings. The fraction of sp³-hybridized carbons (Fsp3) is 0. The Kier molecular flexibility index (Phi) is 1.84. The fourth-order valence-corrected chi connectivity index (χ4v) is 1.58. The van der Waals surface area contributed by atoms with E-state index in [4.69, 9.17) is 0 Å². The van der Waals surface area contributed by atoms with E-state index in [-0.39, 0.29) is 11.4 Å². The van der Waals surface area contributed by atoms with Crippen molar-refractivity contribution in [2.45, 2.75) is 0 Å². The van der Waals surface area contributed by atoms with Crippen LogP contribution in [0.15, 0.2) is 33.5 Å². The molecule has 0 unspecified atom stereocenters. The van der Waals surface area contributed by atoms with Crippen molar-refractivity contribution in [1.29, 1.82) is 0 Å². The zero-order valence-electron chi connectivity index (χ0n) is 6.54. The number of rotatable bonds is 0. The molecule has 0 saturated heterocycles. The molecule has 0 amide bonds. The van der Waals surface area contributed by atoms with Gasteiger partial charge in [-0.1, -0.05) is 22.0 Å². The van der Waals surface area contributed by atoms with Crippen LogP contribution in [0.3, 0.4) is 0 Å². The molecule has 1 heterocycles. The molecule has 0 aliphatic heterocycles. The highest BCUT2D eigenvalue weighted by Gasteiger charge is 2.01. The number of benzene rings is 1. The summed E-state index contributed by atoms with van der Waals surface area (Å²) in [4.78, 5) is 13.3. The van der Waals surface area contributed by atoms with Gasteiger partial charge in [-0.05, 0) is 17.5 Å². The van der Waals surface area contributed by atoms with Crippen LogP contribution in [0.4, 0.5) is 0 Å². The Morgan fingerprint density at radius 2 is 2.08 bits per heavy atom. The molecular weight excluding hydrogens is 234 g/mol. The van der Waals surface area contributed by atoms with Crippen molar-refractivity contribution < 1.29 is 5.11 Å². The summed E-state index contributed by atoms with van der Waals surface area (Å²) >= 11 is 3.28. The largest absolute Gasteiger partial charge is 0.494 e. The first-order valence-corrected chi connectivity index (χ1v) is 4.48. The maximum Gasteiger partial charge on any atom is 0.251 e. The number of H-pyrrole nitrogens is 1. The predicted molar refractivity (Wildman–Crippen MR) is 53.9 cm³/mol. The number of pyridine rings is 1. The lowest BCUT2D eigenvalue weighted by molar-refractivity contribution is 0.459. The van der Waals surface area contributed by atoms with Gasteiger partial charge < -0.3 is 5.11 Å². The molecule has 13 heavy (non-hydrogen) atoms. The van der Waals surface area contributed by atoms with E-state index in [1.807, 2.05) is 6.07 Å². The van der Waals surface area contributed by atoms with Crippen molar-refractivity contribution in [1.82, 2.24) is 4.98 Å². The molecular formula is C9H6BrNO2. The Morgan fingerprint density at radius 3 is 2.85 bits per heavy atom. The van der Waals surface area contributed by atoms with Crippen LogP contribution in [0.2, 0.25) is 0 Å². The molecule has 2 rings (SSSR count). The second kappa shape index (κ2) is 2.88. The summed E-state index contributed by atoms with van der Waals surface area (Å²) in [6.07, 6.45) is 0. The third-order valence-corrected chi connectivity index (χ3v) is 2.29. The third-order valence-electron chi connectivity index (χ3n) is 1.80. The van der Waals surface area contributed by atoms with Crippen LogP contribution >= 0.6 is 15.9 Å². The minimum Gasteiger partial charge on any atom is -0.494 e. The van der Waals surface area contributed by atoms with Gasteiger partial charge >= 0.3 is 0 Å². The van der Waals surface area contributed by atoms with Crippen molar-refractivity contribution in [2.75, 3.05) is 0 Å². The first-order chi connectivity index (χ1) is 6.16. The Bertz CT molecular complexity index is 518. The van der Waals surface area contributed by atoms with E-state index in [1.165, 1.54) is 6.07 Å². The van der Waals surface area contributed by atoms with Gasteiger partial charge in [0.2, 0.25) is 0 Å². The van der Waals surface area contributed by atoms with Crippen LogP contribution < -0.4 is 5.56 Å². The number of hydrogen-bond acceptors (Lipinski definition) is 2. The van der Waals surface area contributed by atoms with E-state index >= 15 is 0 Å². The second-order valence-electron chi connectivity index (χ2n) is 2.71. The van der Waals surface area contributed by atoms with Crippen LogP contribution in [0.1, 0.15) is 0 Å². The molecule has 1 aromatic heterocycles. The second-order valence-corrected chi connectivity index (χ2v) is 3.63. The van der Waals surface area contributed by atoms with Crippen LogP contribution in [-0.2, 0) is 0 Å². The Hall–Kier alpha value is -1.29. The Balaban J connectivity index is 2.95. The van der Waals surface area contributed by atoms with Gasteiger partial charge in [-0.25, -0.2) is 0 Å². The number of aromatic nitrogens is 1. The summed E-state index contributed by atoms with van der Waals surface area (Å²) in [5.74, 6) is -0.0937. The van der Waals surface area contributed by atoms with Gasteiger partial charge in [0.25, 0.3) is 5.56 Å². The van der Waals surface area contributed by atoms with Gasteiger partial charge in [-0.15, -0.1) is 0 Å². The monoisotopic (exact) mass is 239 g/mol. The average molecular weight is 240 g/mol. The Morgan fingerprint density at radius 1 is 1.31 bits per heavy atom. The highest BCUT2D eigenvalue weighted by Crippen LogP contribution is 2.23. The predicted octanol–water partition coefficient (Wildman–Crippen LogP) is 2.00. The SMILES string of the molecule is O=c1cc2ccc(Br)cc2c(O)[nH]1. The molecule has 66 valence electrons. The number of halogens is 1. The van der Waals surface area contributed by atoms with Crippen molar-refractivity contribution in [3.8, 4) is 5.88 Å². The molecule has 0 atom stereocenters. The molecule has 0 saturated carbocycles. The Labute approximate surface area is 82.2 Å². The zero-order valence-corrected chi connectivity index (χ0v) is 8.13. The van der Waals surface area contributed by atoms with Crippen LogP contribution in [0.5, 0.6) is 5.88 Å². The van der Waals surface area contributed by atoms with Gasteiger partial charge in [-0.2, -0.15) is 0 Å². The lowest BCUT2D eigenvalue weighted by Crippen LogP contribution is -2.02. The van der Waals surface area contributed by atoms with Crippen molar-refractivity contribution in [3.05, 3.63) is 39.1 Å². The molecule has 0 aliphatic rings. The van der Waals surface area contributed by atoms with Crippen LogP contribution in [-0.4, -0.2) is 10.1 Å². The first kappa shape index (κ1) is 8.31. The number of aromatic hydroxyl groups is 1. The third kappa shape index (κ3) is 1.45. The van der Waals surface area contributed by atoms with Gasteiger partial charge in [-0.3, -0.25) is 9.78 Å². The number of fused-ring (bicyclic) bond motifs is 1. The van der Waals surface area contributed by atoms with E-state index < -0.39 is 0 Å². The van der Waals surface area contributed by atoms with Crippen molar-refractivity contribution >= 4 is 26.7 Å². The molecule has 2 N–H and O–H groups in total. The molecule has 0 aliphatic carbocycles. The minimum atomic E-state index is -0.299. The normalized spacial score (nSPS) is 10.5. The van der Waals surface area contributed by atoms with Crippen molar-refractivity contribution in [3.63, 3.8) is 0 Å². The molecule has 0 radical (unpaired) electrons. The molecule has 2 aromatic rings. The average Bonchev–Trinajstić information content (AvgIpc) is 2.06. The highest BCUT2D eigenvalue weighted by atomic mass is 79.9. The van der Waals surface area contributed by atoms with Gasteiger partial charge in [0, 0.05) is 15.9 Å². The maximum atomic E-state index is 11.0. The lowest BCUT2D eigenvalue weighted by Gasteiger charge is -1.99. The minimum absolute atomic E-state index is 0.0937. The number of aromatic amines is 1. The smallest absolute Gasteiger partial charge is 0.251 e. The van der Waals surface area contributed by atoms with Gasteiger partial charge in [0.1, 0.15) is 0 Å². The molecule has 1 aromatic carbocycles. The zero-order chi connectivity index (χ0) is 9.42. The van der Waals surface area contributed by atoms with Gasteiger partial charge in [0.05, 0.1) is 0 Å². The molecule has 3 nitrogen and oxygen atoms in total. The first-order valence-electron chi connectivity index (χ1n) is 3.68. The molecule has 0 spiro atoms. The van der Waals surface area contributed by atoms with Crippen LogP contribution in [0.25, 0.3) is 10.8 Å². The van der Waals surface area contributed by atoms with Gasteiger partial charge in [0.15, 0.2) is 5.88 Å². The maximum absolute atomic E-state index is 11.0. The molecule has 0 bridgehead atoms. The van der Waals surface area contributed by atoms with E-state index in [2.05, 4.69) is 20.9 Å². The van der Waals surface area contributed by atoms with E-state index in [9.17, 15) is 9.90 Å². The lowest BCUT2D eigenvalue weighted by atomic mass is 10.2. The van der Waals surface area contributed by atoms with E-state index in [0.29, 0.717) is 5.39 Å². The van der Waals surface area contributed by atoms with Crippen LogP contribution in [0, 0.1) is 0 Å². The highest BCUT2D eigenvalue weighted by molar-refractivity contribution is 9.10. The number of hydrogen-bond donors (Lipinski definition) is 2. The summed E-state index contributed by atoms with van der Waals surface area (Å²) in [5, 5.41) is 10.8. The van der Waals surface area contributed by atoms with E-state index in [1.54, 1.807) is 12.1 Å².